The van der Waals surface area contributed by atoms with Crippen LogP contribution < -0.4 is 5.32 Å². The number of para-hydroxylation sites is 1. The molecule has 1 unspecified atom stereocenters. The Morgan fingerprint density at radius 3 is 3.05 bits per heavy atom. The quantitative estimate of drug-likeness (QED) is 0.770. The Hall–Kier alpha value is -2.63. The number of anilines is 1. The molecule has 1 N–H and O–H groups in total. The van der Waals surface area contributed by atoms with Gasteiger partial charge in [-0.15, -0.1) is 0 Å². The Balaban J connectivity index is 1.61. The van der Waals surface area contributed by atoms with E-state index in [2.05, 4.69) is 32.7 Å². The van der Waals surface area contributed by atoms with Gasteiger partial charge in [-0.25, -0.2) is 0 Å². The van der Waals surface area contributed by atoms with Crippen LogP contribution in [0.2, 0.25) is 0 Å². The topological polar surface area (TPSA) is 68.8 Å². The lowest BCUT2D eigenvalue weighted by molar-refractivity contribution is 0.364. The van der Waals surface area contributed by atoms with E-state index in [1.165, 1.54) is 5.56 Å². The third-order valence-electron chi connectivity index (χ3n) is 3.47. The van der Waals surface area contributed by atoms with Crippen LogP contribution in [-0.4, -0.2) is 19.9 Å². The van der Waals surface area contributed by atoms with E-state index in [1.807, 2.05) is 25.4 Å². The Morgan fingerprint density at radius 2 is 2.25 bits per heavy atom. The summed E-state index contributed by atoms with van der Waals surface area (Å²) in [6, 6.07) is 8.28. The molecule has 0 radical (unpaired) electrons. The van der Waals surface area contributed by atoms with Crippen molar-refractivity contribution in [2.24, 2.45) is 7.05 Å². The van der Waals surface area contributed by atoms with E-state index in [-0.39, 0.29) is 6.04 Å². The lowest BCUT2D eigenvalue weighted by atomic mass is 10.1. The van der Waals surface area contributed by atoms with Crippen molar-refractivity contribution in [3.8, 4) is 11.4 Å². The summed E-state index contributed by atoms with van der Waals surface area (Å²) in [7, 11) is 1.86. The van der Waals surface area contributed by atoms with Crippen LogP contribution in [-0.2, 0) is 13.5 Å². The van der Waals surface area contributed by atoms with Gasteiger partial charge in [0.1, 0.15) is 6.04 Å². The van der Waals surface area contributed by atoms with Crippen molar-refractivity contribution in [2.45, 2.75) is 12.5 Å². The molecule has 2 aromatic heterocycles. The molecule has 4 rings (SSSR count). The Kier molecular flexibility index (Phi) is 2.35. The zero-order chi connectivity index (χ0) is 13.5. The number of nitrogens with zero attached hydrogens (tertiary/aromatic N) is 4. The van der Waals surface area contributed by atoms with Crippen molar-refractivity contribution in [2.75, 3.05) is 5.32 Å². The van der Waals surface area contributed by atoms with E-state index < -0.39 is 0 Å². The van der Waals surface area contributed by atoms with E-state index in [0.717, 1.165) is 17.7 Å². The van der Waals surface area contributed by atoms with E-state index in [4.69, 9.17) is 4.52 Å². The molecule has 0 saturated heterocycles. The lowest BCUT2D eigenvalue weighted by Gasteiger charge is -2.04. The maximum absolute atomic E-state index is 5.38. The number of nitrogens with one attached hydrogen (secondary N) is 1. The second kappa shape index (κ2) is 4.19. The number of hydrogen-bond acceptors (Lipinski definition) is 5. The van der Waals surface area contributed by atoms with E-state index in [9.17, 15) is 0 Å². The summed E-state index contributed by atoms with van der Waals surface area (Å²) in [5.41, 5.74) is 3.27. The highest BCUT2D eigenvalue weighted by atomic mass is 16.5. The number of aromatic nitrogens is 4. The van der Waals surface area contributed by atoms with Crippen molar-refractivity contribution in [3.63, 3.8) is 0 Å². The summed E-state index contributed by atoms with van der Waals surface area (Å²) in [5, 5.41) is 11.5. The standard InChI is InChI=1S/C14H13N5O/c1-19-8-10(7-15-19)13-17-14(20-18-13)12-6-9-4-2-3-5-11(9)16-12/h2-5,7-8,12,16H,6H2,1H3. The molecule has 0 fully saturated rings. The zero-order valence-electron chi connectivity index (χ0n) is 10.9. The first-order chi connectivity index (χ1) is 9.79. The second-order valence-electron chi connectivity index (χ2n) is 4.92. The molecule has 6 nitrogen and oxygen atoms in total. The molecule has 0 spiro atoms. The molecule has 100 valence electrons. The molecule has 0 saturated carbocycles. The molecule has 3 heterocycles. The monoisotopic (exact) mass is 267 g/mol. The van der Waals surface area contributed by atoms with Crippen LogP contribution >= 0.6 is 0 Å². The highest BCUT2D eigenvalue weighted by Crippen LogP contribution is 2.33. The van der Waals surface area contributed by atoms with Crippen molar-refractivity contribution in [3.05, 3.63) is 48.1 Å². The third kappa shape index (κ3) is 1.77. The van der Waals surface area contributed by atoms with Gasteiger partial charge in [0, 0.05) is 25.4 Å². The summed E-state index contributed by atoms with van der Waals surface area (Å²) < 4.78 is 7.10. The maximum atomic E-state index is 5.38. The van der Waals surface area contributed by atoms with Crippen molar-refractivity contribution < 1.29 is 4.52 Å². The molecular formula is C14H13N5O. The lowest BCUT2D eigenvalue weighted by Crippen LogP contribution is -2.05. The van der Waals surface area contributed by atoms with Gasteiger partial charge in [-0.2, -0.15) is 10.1 Å². The third-order valence-corrected chi connectivity index (χ3v) is 3.47. The van der Waals surface area contributed by atoms with E-state index in [1.54, 1.807) is 10.9 Å². The molecule has 0 aliphatic carbocycles. The number of aryl methyl sites for hydroxylation is 1. The van der Waals surface area contributed by atoms with Gasteiger partial charge in [0.2, 0.25) is 11.7 Å². The fraction of sp³-hybridized carbons (Fsp3) is 0.214. The predicted octanol–water partition coefficient (Wildman–Crippen LogP) is 2.18. The van der Waals surface area contributed by atoms with Crippen molar-refractivity contribution in [1.82, 2.24) is 19.9 Å². The molecule has 20 heavy (non-hydrogen) atoms. The molecule has 1 aliphatic heterocycles. The Labute approximate surface area is 115 Å². The average molecular weight is 267 g/mol. The maximum Gasteiger partial charge on any atom is 0.249 e. The molecular weight excluding hydrogens is 254 g/mol. The first kappa shape index (κ1) is 11.2. The molecule has 3 aromatic rings. The number of rotatable bonds is 2. The van der Waals surface area contributed by atoms with Crippen molar-refractivity contribution in [1.29, 1.82) is 0 Å². The largest absolute Gasteiger partial charge is 0.373 e. The number of fused-ring (bicyclic) bond motifs is 1. The smallest absolute Gasteiger partial charge is 0.249 e. The second-order valence-corrected chi connectivity index (χ2v) is 4.92. The number of benzene rings is 1. The molecule has 1 atom stereocenters. The molecule has 0 amide bonds. The van der Waals surface area contributed by atoms with Gasteiger partial charge in [0.25, 0.3) is 0 Å². The summed E-state index contributed by atoms with van der Waals surface area (Å²) in [6.07, 6.45) is 4.46. The number of hydrogen-bond donors (Lipinski definition) is 1. The average Bonchev–Trinajstić information content (AvgIpc) is 3.16. The minimum Gasteiger partial charge on any atom is -0.373 e. The molecule has 1 aromatic carbocycles. The summed E-state index contributed by atoms with van der Waals surface area (Å²) in [4.78, 5) is 4.47. The van der Waals surface area contributed by atoms with Crippen LogP contribution in [0.4, 0.5) is 5.69 Å². The molecule has 1 aliphatic rings. The van der Waals surface area contributed by atoms with Gasteiger partial charge in [0.15, 0.2) is 0 Å². The van der Waals surface area contributed by atoms with Crippen molar-refractivity contribution >= 4 is 5.69 Å². The van der Waals surface area contributed by atoms with Crippen LogP contribution in [0, 0.1) is 0 Å². The molecule has 6 heteroatoms. The van der Waals surface area contributed by atoms with E-state index in [0.29, 0.717) is 11.7 Å². The zero-order valence-corrected chi connectivity index (χ0v) is 10.9. The van der Waals surface area contributed by atoms with Crippen LogP contribution in [0.15, 0.2) is 41.2 Å². The SMILES string of the molecule is Cn1cc(-c2noc(C3Cc4ccccc4N3)n2)cn1. The van der Waals surface area contributed by atoms with Crippen LogP contribution in [0.3, 0.4) is 0 Å². The van der Waals surface area contributed by atoms with Gasteiger partial charge >= 0.3 is 0 Å². The van der Waals surface area contributed by atoms with Gasteiger partial charge in [-0.3, -0.25) is 4.68 Å². The summed E-state index contributed by atoms with van der Waals surface area (Å²) >= 11 is 0. The van der Waals surface area contributed by atoms with Crippen LogP contribution in [0.1, 0.15) is 17.5 Å². The first-order valence-electron chi connectivity index (χ1n) is 6.46. The first-order valence-corrected chi connectivity index (χ1v) is 6.46. The molecule has 0 bridgehead atoms. The minimum atomic E-state index is 0.0466. The van der Waals surface area contributed by atoms with Gasteiger partial charge in [-0.05, 0) is 11.6 Å². The van der Waals surface area contributed by atoms with Crippen LogP contribution in [0.25, 0.3) is 11.4 Å². The highest BCUT2D eigenvalue weighted by molar-refractivity contribution is 5.57. The van der Waals surface area contributed by atoms with Gasteiger partial charge < -0.3 is 9.84 Å². The predicted molar refractivity (Wildman–Crippen MR) is 73.0 cm³/mol. The minimum absolute atomic E-state index is 0.0466. The summed E-state index contributed by atoms with van der Waals surface area (Å²) in [5.74, 6) is 1.19. The summed E-state index contributed by atoms with van der Waals surface area (Å²) in [6.45, 7) is 0. The van der Waals surface area contributed by atoms with Gasteiger partial charge in [-0.1, -0.05) is 23.4 Å². The fourth-order valence-corrected chi connectivity index (χ4v) is 2.48. The van der Waals surface area contributed by atoms with E-state index >= 15 is 0 Å². The fourth-order valence-electron chi connectivity index (χ4n) is 2.48. The Morgan fingerprint density at radius 1 is 1.35 bits per heavy atom. The van der Waals surface area contributed by atoms with Gasteiger partial charge in [0.05, 0.1) is 11.8 Å². The Bertz CT molecular complexity index is 735. The highest BCUT2D eigenvalue weighted by Gasteiger charge is 2.26. The van der Waals surface area contributed by atoms with Crippen LogP contribution in [0.5, 0.6) is 0 Å². The normalized spacial score (nSPS) is 16.9.